The Morgan fingerprint density at radius 3 is 2.85 bits per heavy atom. The molecule has 20 heavy (non-hydrogen) atoms. The van der Waals surface area contributed by atoms with Crippen LogP contribution in [0.2, 0.25) is 0 Å². The molecule has 0 unspecified atom stereocenters. The molecule has 0 fully saturated rings. The number of nitrogens with two attached hydrogens (primary N) is 1. The highest BCUT2D eigenvalue weighted by Gasteiger charge is 2.11. The minimum atomic E-state index is -0.598. The van der Waals surface area contributed by atoms with Gasteiger partial charge >= 0.3 is 11.0 Å². The van der Waals surface area contributed by atoms with E-state index in [9.17, 15) is 14.4 Å². The average Bonchev–Trinajstić information content (AvgIpc) is 2.74. The van der Waals surface area contributed by atoms with Crippen LogP contribution in [0, 0.1) is 0 Å². The third-order valence-corrected chi connectivity index (χ3v) is 3.50. The second kappa shape index (κ2) is 5.72. The summed E-state index contributed by atoms with van der Waals surface area (Å²) >= 11 is 0.975. The van der Waals surface area contributed by atoms with Crippen molar-refractivity contribution in [2.24, 2.45) is 5.84 Å². The van der Waals surface area contributed by atoms with Crippen LogP contribution >= 0.6 is 11.3 Å². The van der Waals surface area contributed by atoms with E-state index in [1.165, 1.54) is 11.7 Å². The number of fused-ring (bicyclic) bond motifs is 1. The highest BCUT2D eigenvalue weighted by Crippen LogP contribution is 2.21. The van der Waals surface area contributed by atoms with Gasteiger partial charge in [-0.15, -0.1) is 0 Å². The van der Waals surface area contributed by atoms with Gasteiger partial charge in [0.25, 0.3) is 5.91 Å². The van der Waals surface area contributed by atoms with Crippen molar-refractivity contribution in [3.63, 3.8) is 0 Å². The van der Waals surface area contributed by atoms with Gasteiger partial charge in [0.2, 0.25) is 0 Å². The number of nitrogens with one attached hydrogen (secondary N) is 2. The number of rotatable bonds is 3. The van der Waals surface area contributed by atoms with Crippen LogP contribution in [0.1, 0.15) is 0 Å². The van der Waals surface area contributed by atoms with Crippen LogP contribution in [0.5, 0.6) is 0 Å². The number of anilines is 1. The molecule has 2 amide bonds. The first kappa shape index (κ1) is 14.0. The van der Waals surface area contributed by atoms with Crippen molar-refractivity contribution in [1.82, 2.24) is 9.99 Å². The number of hydrogen-bond donors (Lipinski definition) is 3. The summed E-state index contributed by atoms with van der Waals surface area (Å²) in [5, 5.41) is 2.50. The Hall–Kier alpha value is -2.39. The highest BCUT2D eigenvalue weighted by molar-refractivity contribution is 7.16. The van der Waals surface area contributed by atoms with Crippen molar-refractivity contribution in [3.8, 4) is 0 Å². The largest absolute Gasteiger partial charge is 0.453 e. The average molecular weight is 296 g/mol. The third-order valence-electron chi connectivity index (χ3n) is 2.56. The number of carbonyl (C=O) groups excluding carboxylic acids is 2. The first-order valence-electron chi connectivity index (χ1n) is 5.53. The predicted molar refractivity (Wildman–Crippen MR) is 74.4 cm³/mol. The number of ether oxygens (including phenoxy) is 1. The molecule has 106 valence electrons. The Bertz CT molecular complexity index is 721. The van der Waals surface area contributed by atoms with E-state index in [4.69, 9.17) is 5.84 Å². The van der Waals surface area contributed by atoms with Gasteiger partial charge < -0.3 is 4.74 Å². The fraction of sp³-hybridized carbons (Fsp3) is 0.182. The molecule has 0 aliphatic carbocycles. The Labute approximate surface area is 117 Å². The molecule has 8 nitrogen and oxygen atoms in total. The quantitative estimate of drug-likeness (QED) is 0.426. The van der Waals surface area contributed by atoms with Crippen molar-refractivity contribution < 1.29 is 14.3 Å². The van der Waals surface area contributed by atoms with Crippen LogP contribution in [-0.4, -0.2) is 23.7 Å². The van der Waals surface area contributed by atoms with Gasteiger partial charge in [-0.1, -0.05) is 11.3 Å². The summed E-state index contributed by atoms with van der Waals surface area (Å²) in [4.78, 5) is 33.9. The summed E-state index contributed by atoms with van der Waals surface area (Å²) in [7, 11) is 1.26. The van der Waals surface area contributed by atoms with Crippen molar-refractivity contribution in [3.05, 3.63) is 27.9 Å². The minimum Gasteiger partial charge on any atom is -0.453 e. The molecule has 0 aliphatic rings. The van der Waals surface area contributed by atoms with Crippen LogP contribution in [0.4, 0.5) is 10.5 Å². The van der Waals surface area contributed by atoms with Gasteiger partial charge in [0.15, 0.2) is 0 Å². The van der Waals surface area contributed by atoms with E-state index in [0.717, 1.165) is 11.3 Å². The number of thiazole rings is 1. The lowest BCUT2D eigenvalue weighted by molar-refractivity contribution is -0.121. The van der Waals surface area contributed by atoms with Gasteiger partial charge in [-0.25, -0.2) is 10.6 Å². The summed E-state index contributed by atoms with van der Waals surface area (Å²) < 4.78 is 6.44. The molecule has 1 heterocycles. The maximum absolute atomic E-state index is 11.8. The van der Waals surface area contributed by atoms with Gasteiger partial charge in [-0.05, 0) is 18.2 Å². The molecule has 0 radical (unpaired) electrons. The zero-order valence-electron chi connectivity index (χ0n) is 10.5. The van der Waals surface area contributed by atoms with E-state index in [2.05, 4.69) is 10.1 Å². The molecule has 0 bridgehead atoms. The van der Waals surface area contributed by atoms with Crippen LogP contribution < -0.4 is 21.5 Å². The highest BCUT2D eigenvalue weighted by atomic mass is 32.1. The van der Waals surface area contributed by atoms with Crippen LogP contribution in [0.25, 0.3) is 10.2 Å². The first-order valence-corrected chi connectivity index (χ1v) is 6.34. The van der Waals surface area contributed by atoms with E-state index in [0.29, 0.717) is 15.9 Å². The molecule has 1 aromatic heterocycles. The van der Waals surface area contributed by atoms with Crippen LogP contribution in [-0.2, 0) is 16.1 Å². The second-order valence-corrected chi connectivity index (χ2v) is 4.81. The topological polar surface area (TPSA) is 115 Å². The number of hydrazine groups is 1. The monoisotopic (exact) mass is 296 g/mol. The molecule has 0 atom stereocenters. The molecule has 2 aromatic rings. The van der Waals surface area contributed by atoms with E-state index in [1.54, 1.807) is 18.2 Å². The molecule has 2 rings (SSSR count). The summed E-state index contributed by atoms with van der Waals surface area (Å²) in [6.45, 7) is -0.154. The van der Waals surface area contributed by atoms with E-state index in [1.807, 2.05) is 5.43 Å². The Morgan fingerprint density at radius 1 is 1.45 bits per heavy atom. The summed E-state index contributed by atoms with van der Waals surface area (Å²) in [6, 6.07) is 4.89. The smallest absolute Gasteiger partial charge is 0.411 e. The molecular weight excluding hydrogens is 284 g/mol. The molecule has 4 N–H and O–H groups in total. The third kappa shape index (κ3) is 2.78. The summed E-state index contributed by atoms with van der Waals surface area (Å²) in [5.41, 5.74) is 3.07. The molecule has 9 heteroatoms. The maximum Gasteiger partial charge on any atom is 0.411 e. The van der Waals surface area contributed by atoms with Crippen LogP contribution in [0.15, 0.2) is 23.0 Å². The molecule has 0 aliphatic heterocycles. The Morgan fingerprint density at radius 2 is 2.20 bits per heavy atom. The van der Waals surface area contributed by atoms with Gasteiger partial charge in [-0.2, -0.15) is 0 Å². The minimum absolute atomic E-state index is 0.154. The van der Waals surface area contributed by atoms with Gasteiger partial charge in [0.1, 0.15) is 6.54 Å². The zero-order valence-corrected chi connectivity index (χ0v) is 11.3. The zero-order chi connectivity index (χ0) is 14.7. The number of benzene rings is 1. The number of methoxy groups -OCH3 is 1. The second-order valence-electron chi connectivity index (χ2n) is 3.82. The van der Waals surface area contributed by atoms with Gasteiger partial charge in [0, 0.05) is 5.69 Å². The van der Waals surface area contributed by atoms with Crippen molar-refractivity contribution >= 4 is 39.2 Å². The Balaban J connectivity index is 2.38. The number of amides is 2. The molecule has 0 saturated heterocycles. The number of nitrogens with zero attached hydrogens (tertiary/aromatic N) is 1. The molecular formula is C11H12N4O4S. The maximum atomic E-state index is 11.8. The van der Waals surface area contributed by atoms with Crippen molar-refractivity contribution in [1.29, 1.82) is 0 Å². The van der Waals surface area contributed by atoms with Gasteiger partial charge in [-0.3, -0.25) is 24.9 Å². The fourth-order valence-electron chi connectivity index (χ4n) is 1.65. The van der Waals surface area contributed by atoms with Crippen molar-refractivity contribution in [2.45, 2.75) is 6.54 Å². The molecule has 0 spiro atoms. The van der Waals surface area contributed by atoms with E-state index >= 15 is 0 Å². The van der Waals surface area contributed by atoms with E-state index in [-0.39, 0.29) is 11.4 Å². The lowest BCUT2D eigenvalue weighted by Gasteiger charge is -2.05. The van der Waals surface area contributed by atoms with E-state index < -0.39 is 12.0 Å². The normalized spacial score (nSPS) is 10.3. The molecule has 0 saturated carbocycles. The summed E-state index contributed by atoms with van der Waals surface area (Å²) in [5.74, 6) is 4.54. The SMILES string of the molecule is COC(=O)Nc1ccc2c(c1)sc(=O)n2CC(=O)NN. The van der Waals surface area contributed by atoms with Gasteiger partial charge in [0.05, 0.1) is 17.3 Å². The number of hydrogen-bond acceptors (Lipinski definition) is 6. The van der Waals surface area contributed by atoms with Crippen molar-refractivity contribution in [2.75, 3.05) is 12.4 Å². The first-order chi connectivity index (χ1) is 9.55. The predicted octanol–water partition coefficient (Wildman–Crippen LogP) is 0.231. The Kier molecular flexibility index (Phi) is 4.01. The lowest BCUT2D eigenvalue weighted by Crippen LogP contribution is -2.35. The lowest BCUT2D eigenvalue weighted by atomic mass is 10.3. The number of carbonyl (C=O) groups is 2. The van der Waals surface area contributed by atoms with Crippen LogP contribution in [0.3, 0.4) is 0 Å². The number of aromatic nitrogens is 1. The summed E-state index contributed by atoms with van der Waals surface area (Å²) in [6.07, 6.45) is -0.598. The molecule has 1 aromatic carbocycles. The standard InChI is InChI=1S/C11H12N4O4S/c1-19-10(17)13-6-2-3-7-8(4-6)20-11(18)15(7)5-9(16)14-12/h2-4H,5,12H2,1H3,(H,13,17)(H,14,16). The fourth-order valence-corrected chi connectivity index (χ4v) is 2.58.